The molecule has 2 aliphatic rings. The number of Topliss-reactive ketones (excluding diaryl/α,β-unsaturated/α-hetero) is 1. The Morgan fingerprint density at radius 1 is 1.00 bits per heavy atom. The molecule has 0 saturated carbocycles. The SMILES string of the molecule is CC1(C)CC(=O)C2=C(C1)N(c1ccccc1C(F)(F)F)C(=O)CC2c1ccc(Cl)cc1. The number of carbonyl (C=O) groups is 2. The van der Waals surface area contributed by atoms with Crippen LogP contribution in [0.1, 0.15) is 50.2 Å². The molecule has 0 N–H and O–H groups in total. The highest BCUT2D eigenvalue weighted by Crippen LogP contribution is 2.49. The van der Waals surface area contributed by atoms with Gasteiger partial charge in [-0.2, -0.15) is 13.2 Å². The molecular weight excluding hydrogens is 427 g/mol. The van der Waals surface area contributed by atoms with E-state index in [1.807, 2.05) is 13.8 Å². The van der Waals surface area contributed by atoms with Crippen molar-refractivity contribution in [2.24, 2.45) is 5.41 Å². The number of hydrogen-bond acceptors (Lipinski definition) is 2. The predicted molar refractivity (Wildman–Crippen MR) is 113 cm³/mol. The van der Waals surface area contributed by atoms with Gasteiger partial charge in [0.2, 0.25) is 5.91 Å². The maximum atomic E-state index is 13.7. The number of alkyl halides is 3. The van der Waals surface area contributed by atoms with Gasteiger partial charge in [0.05, 0.1) is 11.3 Å². The van der Waals surface area contributed by atoms with E-state index in [1.54, 1.807) is 24.3 Å². The smallest absolute Gasteiger partial charge is 0.294 e. The summed E-state index contributed by atoms with van der Waals surface area (Å²) in [5, 5.41) is 0.525. The third-order valence-corrected chi connectivity index (χ3v) is 6.12. The number of para-hydroxylation sites is 1. The van der Waals surface area contributed by atoms with E-state index in [2.05, 4.69) is 0 Å². The van der Waals surface area contributed by atoms with Crippen molar-refractivity contribution in [1.29, 1.82) is 0 Å². The lowest BCUT2D eigenvalue weighted by Gasteiger charge is -2.43. The predicted octanol–water partition coefficient (Wildman–Crippen LogP) is 6.52. The molecule has 2 aromatic rings. The summed E-state index contributed by atoms with van der Waals surface area (Å²) < 4.78 is 41.2. The van der Waals surface area contributed by atoms with Gasteiger partial charge >= 0.3 is 6.18 Å². The Kier molecular flexibility index (Phi) is 5.24. The second-order valence-electron chi connectivity index (χ2n) is 8.85. The molecule has 1 amide bonds. The zero-order chi connectivity index (χ0) is 22.6. The van der Waals surface area contributed by atoms with Crippen LogP contribution >= 0.6 is 11.6 Å². The average molecular weight is 448 g/mol. The Morgan fingerprint density at radius 2 is 1.65 bits per heavy atom. The molecule has 162 valence electrons. The Labute approximate surface area is 183 Å². The number of anilines is 1. The summed E-state index contributed by atoms with van der Waals surface area (Å²) in [4.78, 5) is 27.6. The molecule has 3 nitrogen and oxygen atoms in total. The number of rotatable bonds is 2. The van der Waals surface area contributed by atoms with Crippen LogP contribution in [0, 0.1) is 5.41 Å². The third kappa shape index (κ3) is 4.01. The minimum atomic E-state index is -4.63. The highest BCUT2D eigenvalue weighted by Gasteiger charge is 2.46. The van der Waals surface area contributed by atoms with Gasteiger partial charge in [-0.05, 0) is 41.7 Å². The fraction of sp³-hybridized carbons (Fsp3) is 0.333. The number of halogens is 4. The van der Waals surface area contributed by atoms with Crippen molar-refractivity contribution in [1.82, 2.24) is 0 Å². The number of amides is 1. The molecule has 7 heteroatoms. The van der Waals surface area contributed by atoms with E-state index in [4.69, 9.17) is 11.6 Å². The Bertz CT molecular complexity index is 1090. The van der Waals surface area contributed by atoms with E-state index in [0.717, 1.165) is 16.5 Å². The third-order valence-electron chi connectivity index (χ3n) is 5.87. The average Bonchev–Trinajstić information content (AvgIpc) is 2.66. The standard InChI is InChI=1S/C24H21ClF3NO2/c1-23(2)12-19-22(20(30)13-23)16(14-7-9-15(25)10-8-14)11-21(31)29(19)18-6-4-3-5-17(18)24(26,27)28/h3-10,16H,11-13H2,1-2H3. The monoisotopic (exact) mass is 447 g/mol. The molecule has 4 rings (SSSR count). The van der Waals surface area contributed by atoms with Crippen LogP contribution in [0.5, 0.6) is 0 Å². The largest absolute Gasteiger partial charge is 0.418 e. The van der Waals surface area contributed by atoms with Crippen LogP contribution in [0.4, 0.5) is 18.9 Å². The molecule has 2 aromatic carbocycles. The van der Waals surface area contributed by atoms with E-state index < -0.39 is 29.0 Å². The molecular formula is C24H21ClF3NO2. The van der Waals surface area contributed by atoms with Crippen LogP contribution in [0.3, 0.4) is 0 Å². The van der Waals surface area contributed by atoms with Gasteiger partial charge in [0.15, 0.2) is 5.78 Å². The number of allylic oxidation sites excluding steroid dienone is 2. The second kappa shape index (κ2) is 7.52. The molecule has 0 fully saturated rings. The second-order valence-corrected chi connectivity index (χ2v) is 9.29. The topological polar surface area (TPSA) is 37.4 Å². The van der Waals surface area contributed by atoms with Crippen molar-refractivity contribution < 1.29 is 22.8 Å². The highest BCUT2D eigenvalue weighted by molar-refractivity contribution is 6.30. The Balaban J connectivity index is 1.94. The maximum Gasteiger partial charge on any atom is 0.418 e. The summed E-state index contributed by atoms with van der Waals surface area (Å²) in [5.41, 5.74) is -0.0401. The Hall–Kier alpha value is -2.60. The molecule has 0 radical (unpaired) electrons. The van der Waals surface area contributed by atoms with Gasteiger partial charge in [-0.3, -0.25) is 14.5 Å². The molecule has 1 atom stereocenters. The van der Waals surface area contributed by atoms with Crippen molar-refractivity contribution >= 4 is 29.0 Å². The molecule has 1 aliphatic carbocycles. The van der Waals surface area contributed by atoms with Crippen LogP contribution in [-0.2, 0) is 15.8 Å². The molecule has 0 saturated heterocycles. The van der Waals surface area contributed by atoms with Crippen LogP contribution in [-0.4, -0.2) is 11.7 Å². The minimum Gasteiger partial charge on any atom is -0.294 e. The maximum absolute atomic E-state index is 13.7. The van der Waals surface area contributed by atoms with Gasteiger partial charge in [0.25, 0.3) is 0 Å². The van der Waals surface area contributed by atoms with Gasteiger partial charge < -0.3 is 0 Å². The van der Waals surface area contributed by atoms with Crippen LogP contribution < -0.4 is 4.90 Å². The van der Waals surface area contributed by atoms with Crippen molar-refractivity contribution in [3.63, 3.8) is 0 Å². The summed E-state index contributed by atoms with van der Waals surface area (Å²) in [6.07, 6.45) is -4.10. The lowest BCUT2D eigenvalue weighted by atomic mass is 9.69. The number of nitrogens with zero attached hydrogens (tertiary/aromatic N) is 1. The first-order chi connectivity index (χ1) is 14.5. The van der Waals surface area contributed by atoms with Crippen molar-refractivity contribution in [2.75, 3.05) is 4.90 Å². The van der Waals surface area contributed by atoms with Gasteiger partial charge in [-0.25, -0.2) is 0 Å². The fourth-order valence-corrected chi connectivity index (χ4v) is 4.71. The fourth-order valence-electron chi connectivity index (χ4n) is 4.58. The first-order valence-electron chi connectivity index (χ1n) is 9.99. The summed E-state index contributed by atoms with van der Waals surface area (Å²) in [6.45, 7) is 3.78. The van der Waals surface area contributed by atoms with Crippen LogP contribution in [0.2, 0.25) is 5.02 Å². The van der Waals surface area contributed by atoms with Gasteiger partial charge in [0.1, 0.15) is 0 Å². The van der Waals surface area contributed by atoms with Gasteiger partial charge in [-0.15, -0.1) is 0 Å². The van der Waals surface area contributed by atoms with E-state index in [1.165, 1.54) is 18.2 Å². The van der Waals surface area contributed by atoms with E-state index in [9.17, 15) is 22.8 Å². The minimum absolute atomic E-state index is 0.0845. The number of ketones is 1. The van der Waals surface area contributed by atoms with Crippen LogP contribution in [0.15, 0.2) is 59.8 Å². The summed E-state index contributed by atoms with van der Waals surface area (Å²) in [7, 11) is 0. The normalized spacial score (nSPS) is 21.4. The zero-order valence-corrected chi connectivity index (χ0v) is 17.8. The Morgan fingerprint density at radius 3 is 2.29 bits per heavy atom. The van der Waals surface area contributed by atoms with E-state index in [-0.39, 0.29) is 24.3 Å². The number of benzene rings is 2. The molecule has 0 spiro atoms. The first kappa shape index (κ1) is 21.6. The van der Waals surface area contributed by atoms with Gasteiger partial charge in [-0.1, -0.05) is 49.7 Å². The number of hydrogen-bond donors (Lipinski definition) is 0. The molecule has 31 heavy (non-hydrogen) atoms. The van der Waals surface area contributed by atoms with Gasteiger partial charge in [0, 0.05) is 35.1 Å². The van der Waals surface area contributed by atoms with E-state index >= 15 is 0 Å². The molecule has 1 unspecified atom stereocenters. The summed E-state index contributed by atoms with van der Waals surface area (Å²) in [5.74, 6) is -1.09. The quantitative estimate of drug-likeness (QED) is 0.525. The van der Waals surface area contributed by atoms with Crippen molar-refractivity contribution in [2.45, 2.75) is 45.2 Å². The van der Waals surface area contributed by atoms with E-state index in [0.29, 0.717) is 22.7 Å². The molecule has 0 bridgehead atoms. The summed E-state index contributed by atoms with van der Waals surface area (Å²) >= 11 is 5.99. The summed E-state index contributed by atoms with van der Waals surface area (Å²) in [6, 6.07) is 11.9. The van der Waals surface area contributed by atoms with Crippen LogP contribution in [0.25, 0.3) is 0 Å². The lowest BCUT2D eigenvalue weighted by molar-refractivity contribution is -0.137. The zero-order valence-electron chi connectivity index (χ0n) is 17.1. The molecule has 1 aliphatic heterocycles. The molecule has 1 heterocycles. The first-order valence-corrected chi connectivity index (χ1v) is 10.4. The highest BCUT2D eigenvalue weighted by atomic mass is 35.5. The van der Waals surface area contributed by atoms with Crippen molar-refractivity contribution in [3.8, 4) is 0 Å². The number of carbonyl (C=O) groups excluding carboxylic acids is 2. The van der Waals surface area contributed by atoms with Crippen molar-refractivity contribution in [3.05, 3.63) is 76.0 Å². The molecule has 0 aromatic heterocycles. The lowest BCUT2D eigenvalue weighted by Crippen LogP contribution is -2.44.